The van der Waals surface area contributed by atoms with E-state index in [0.29, 0.717) is 21.9 Å². The molecule has 2 heterocycles. The number of halogens is 1. The number of aryl methyl sites for hydroxylation is 2. The molecule has 118 valence electrons. The van der Waals surface area contributed by atoms with E-state index in [1.165, 1.54) is 0 Å². The Hall–Kier alpha value is -2.60. The number of fused-ring (bicyclic) bond motifs is 1. The zero-order valence-corrected chi connectivity index (χ0v) is 13.8. The summed E-state index contributed by atoms with van der Waals surface area (Å²) in [6, 6.07) is 3.72. The van der Waals surface area contributed by atoms with Crippen LogP contribution < -0.4 is 11.5 Å². The Kier molecular flexibility index (Phi) is 3.49. The molecule has 0 atom stereocenters. The molecule has 6 nitrogen and oxygen atoms in total. The van der Waals surface area contributed by atoms with Crippen LogP contribution in [0.25, 0.3) is 16.7 Å². The zero-order valence-electron chi connectivity index (χ0n) is 13.0. The number of aromatic nitrogens is 3. The Morgan fingerprint density at radius 2 is 1.96 bits per heavy atom. The van der Waals surface area contributed by atoms with Crippen molar-refractivity contribution in [2.75, 3.05) is 5.73 Å². The summed E-state index contributed by atoms with van der Waals surface area (Å²) >= 11 is 6.26. The summed E-state index contributed by atoms with van der Waals surface area (Å²) in [5, 5.41) is 1.14. The molecule has 0 saturated carbocycles. The molecule has 1 aromatic carbocycles. The second-order valence-electron chi connectivity index (χ2n) is 5.45. The van der Waals surface area contributed by atoms with Crippen molar-refractivity contribution in [3.05, 3.63) is 45.9 Å². The first-order valence-electron chi connectivity index (χ1n) is 7.02. The summed E-state index contributed by atoms with van der Waals surface area (Å²) in [6.45, 7) is 5.62. The Bertz CT molecular complexity index is 961. The lowest BCUT2D eigenvalue weighted by Crippen LogP contribution is -2.14. The number of carbonyl (C=O) groups is 1. The number of nitrogens with two attached hydrogens (primary N) is 2. The van der Waals surface area contributed by atoms with Crippen LogP contribution in [-0.2, 0) is 0 Å². The van der Waals surface area contributed by atoms with Crippen LogP contribution in [-0.4, -0.2) is 20.4 Å². The lowest BCUT2D eigenvalue weighted by molar-refractivity contribution is 0.100. The number of anilines is 1. The maximum absolute atomic E-state index is 11.8. The maximum atomic E-state index is 11.8. The normalized spacial score (nSPS) is 11.1. The van der Waals surface area contributed by atoms with E-state index in [1.807, 2.05) is 26.0 Å². The lowest BCUT2D eigenvalue weighted by Gasteiger charge is -2.15. The number of hydrogen-bond acceptors (Lipinski definition) is 4. The number of nitrogens with zero attached hydrogens (tertiary/aromatic N) is 3. The van der Waals surface area contributed by atoms with Crippen molar-refractivity contribution in [3.63, 3.8) is 0 Å². The van der Waals surface area contributed by atoms with Gasteiger partial charge in [0.15, 0.2) is 5.65 Å². The van der Waals surface area contributed by atoms with Gasteiger partial charge in [-0.25, -0.2) is 9.97 Å². The van der Waals surface area contributed by atoms with E-state index in [-0.39, 0.29) is 11.4 Å². The van der Waals surface area contributed by atoms with Gasteiger partial charge < -0.3 is 11.5 Å². The number of rotatable bonds is 2. The van der Waals surface area contributed by atoms with Crippen LogP contribution in [0.3, 0.4) is 0 Å². The van der Waals surface area contributed by atoms with E-state index in [4.69, 9.17) is 23.1 Å². The van der Waals surface area contributed by atoms with Crippen molar-refractivity contribution in [2.24, 2.45) is 5.73 Å². The summed E-state index contributed by atoms with van der Waals surface area (Å²) in [4.78, 5) is 20.4. The van der Waals surface area contributed by atoms with Crippen LogP contribution in [0.1, 0.15) is 27.3 Å². The zero-order chi connectivity index (χ0) is 16.9. The predicted octanol–water partition coefficient (Wildman–Crippen LogP) is 2.68. The quantitative estimate of drug-likeness (QED) is 0.754. The van der Waals surface area contributed by atoms with Crippen LogP contribution >= 0.6 is 11.6 Å². The van der Waals surface area contributed by atoms with E-state index in [9.17, 15) is 4.79 Å². The number of primary amides is 1. The van der Waals surface area contributed by atoms with Crippen molar-refractivity contribution < 1.29 is 4.79 Å². The molecule has 0 spiro atoms. The number of benzene rings is 1. The summed E-state index contributed by atoms with van der Waals surface area (Å²) in [5.74, 6) is 0.196. The maximum Gasteiger partial charge on any atom is 0.253 e. The fourth-order valence-corrected chi connectivity index (χ4v) is 2.96. The third kappa shape index (κ3) is 2.22. The van der Waals surface area contributed by atoms with E-state index >= 15 is 0 Å². The summed E-state index contributed by atoms with van der Waals surface area (Å²) in [7, 11) is 0. The van der Waals surface area contributed by atoms with Gasteiger partial charge >= 0.3 is 0 Å². The van der Waals surface area contributed by atoms with Gasteiger partial charge in [-0.15, -0.1) is 0 Å². The highest BCUT2D eigenvalue weighted by atomic mass is 35.5. The second kappa shape index (κ2) is 5.24. The monoisotopic (exact) mass is 329 g/mol. The number of carbonyl (C=O) groups excluding carboxylic acids is 1. The summed E-state index contributed by atoms with van der Waals surface area (Å²) < 4.78 is 1.72. The minimum Gasteiger partial charge on any atom is -0.384 e. The highest BCUT2D eigenvalue weighted by Gasteiger charge is 2.23. The average Bonchev–Trinajstić information content (AvgIpc) is 2.76. The molecule has 3 aromatic rings. The van der Waals surface area contributed by atoms with E-state index in [1.54, 1.807) is 17.7 Å². The van der Waals surface area contributed by atoms with Gasteiger partial charge in [-0.1, -0.05) is 17.7 Å². The van der Waals surface area contributed by atoms with Crippen LogP contribution in [0, 0.1) is 20.8 Å². The molecule has 1 amide bonds. The Labute approximate surface area is 138 Å². The second-order valence-corrected chi connectivity index (χ2v) is 5.86. The topological polar surface area (TPSA) is 99.8 Å². The third-order valence-electron chi connectivity index (χ3n) is 3.90. The average molecular weight is 330 g/mol. The molecule has 4 N–H and O–H groups in total. The lowest BCUT2D eigenvalue weighted by atomic mass is 10.1. The third-order valence-corrected chi connectivity index (χ3v) is 4.31. The highest BCUT2D eigenvalue weighted by molar-refractivity contribution is 6.31. The number of hydrogen-bond donors (Lipinski definition) is 2. The van der Waals surface area contributed by atoms with Gasteiger partial charge in [0.25, 0.3) is 5.91 Å². The van der Waals surface area contributed by atoms with Gasteiger partial charge in [0, 0.05) is 11.2 Å². The predicted molar refractivity (Wildman–Crippen MR) is 91.0 cm³/mol. The molecule has 0 aliphatic carbocycles. The molecular weight excluding hydrogens is 314 g/mol. The van der Waals surface area contributed by atoms with Crippen LogP contribution in [0.2, 0.25) is 5.02 Å². The molecule has 0 saturated heterocycles. The van der Waals surface area contributed by atoms with E-state index in [0.717, 1.165) is 16.8 Å². The van der Waals surface area contributed by atoms with Crippen LogP contribution in [0.4, 0.5) is 5.82 Å². The summed E-state index contributed by atoms with van der Waals surface area (Å²) in [5.41, 5.74) is 15.1. The van der Waals surface area contributed by atoms with Gasteiger partial charge in [-0.05, 0) is 38.0 Å². The molecule has 3 rings (SSSR count). The van der Waals surface area contributed by atoms with Gasteiger partial charge in [-0.3, -0.25) is 9.36 Å². The fourth-order valence-electron chi connectivity index (χ4n) is 2.81. The first kappa shape index (κ1) is 15.3. The van der Waals surface area contributed by atoms with E-state index < -0.39 is 5.91 Å². The minimum atomic E-state index is -0.615. The molecule has 0 unspecified atom stereocenters. The fraction of sp³-hybridized carbons (Fsp3) is 0.188. The molecule has 2 aromatic heterocycles. The SMILES string of the molecule is Cc1ncc2c(C(N)=O)c(N)n(-c3c(C)ccc(Cl)c3C)c2n1. The molecule has 23 heavy (non-hydrogen) atoms. The standard InChI is InChI=1S/C16H16ClN5O/c1-7-4-5-11(17)8(2)13(7)22-14(18)12(15(19)23)10-6-20-9(3)21-16(10)22/h4-6H,18H2,1-3H3,(H2,19,23). The van der Waals surface area contributed by atoms with Crippen LogP contribution in [0.15, 0.2) is 18.3 Å². The van der Waals surface area contributed by atoms with Gasteiger partial charge in [-0.2, -0.15) is 0 Å². The molecular formula is C16H16ClN5O. The Morgan fingerprint density at radius 3 is 2.61 bits per heavy atom. The molecule has 0 bridgehead atoms. The molecule has 0 aliphatic heterocycles. The van der Waals surface area contributed by atoms with Crippen LogP contribution in [0.5, 0.6) is 0 Å². The smallest absolute Gasteiger partial charge is 0.253 e. The van der Waals surface area contributed by atoms with Crippen molar-refractivity contribution in [1.82, 2.24) is 14.5 Å². The molecule has 0 fully saturated rings. The first-order valence-corrected chi connectivity index (χ1v) is 7.40. The van der Waals surface area contributed by atoms with Crippen molar-refractivity contribution in [2.45, 2.75) is 20.8 Å². The highest BCUT2D eigenvalue weighted by Crippen LogP contribution is 2.34. The molecule has 0 radical (unpaired) electrons. The van der Waals surface area contributed by atoms with Gasteiger partial charge in [0.1, 0.15) is 11.6 Å². The molecule has 0 aliphatic rings. The first-order chi connectivity index (χ1) is 10.8. The van der Waals surface area contributed by atoms with Gasteiger partial charge in [0.2, 0.25) is 0 Å². The minimum absolute atomic E-state index is 0.221. The largest absolute Gasteiger partial charge is 0.384 e. The molecule has 7 heteroatoms. The summed E-state index contributed by atoms with van der Waals surface area (Å²) in [6.07, 6.45) is 1.57. The van der Waals surface area contributed by atoms with E-state index in [2.05, 4.69) is 9.97 Å². The Morgan fingerprint density at radius 1 is 1.26 bits per heavy atom. The van der Waals surface area contributed by atoms with Crippen molar-refractivity contribution in [1.29, 1.82) is 0 Å². The number of amides is 1. The van der Waals surface area contributed by atoms with Crippen molar-refractivity contribution in [3.8, 4) is 5.69 Å². The van der Waals surface area contributed by atoms with Crippen molar-refractivity contribution >= 4 is 34.4 Å². The van der Waals surface area contributed by atoms with Gasteiger partial charge in [0.05, 0.1) is 16.6 Å². The number of nitrogen functional groups attached to an aromatic ring is 1. The Balaban J connectivity index is 2.53.